The van der Waals surface area contributed by atoms with Gasteiger partial charge in [-0.2, -0.15) is 0 Å². The highest BCUT2D eigenvalue weighted by Gasteiger charge is 2.39. The van der Waals surface area contributed by atoms with E-state index in [0.29, 0.717) is 0 Å². The van der Waals surface area contributed by atoms with Gasteiger partial charge in [0.05, 0.1) is 11.1 Å². The van der Waals surface area contributed by atoms with Crippen molar-refractivity contribution in [2.75, 3.05) is 11.3 Å². The van der Waals surface area contributed by atoms with Crippen molar-refractivity contribution in [2.45, 2.75) is 38.8 Å². The summed E-state index contributed by atoms with van der Waals surface area (Å²) in [7, 11) is -7.61. The summed E-state index contributed by atoms with van der Waals surface area (Å²) in [5, 5.41) is 8.74. The van der Waals surface area contributed by atoms with E-state index in [1.165, 1.54) is 27.7 Å². The zero-order chi connectivity index (χ0) is 13.4. The highest BCUT2D eigenvalue weighted by atomic mass is 32.3. The first-order chi connectivity index (χ1) is 6.66. The van der Waals surface area contributed by atoms with Gasteiger partial charge in [0.25, 0.3) is 0 Å². The molecule has 2 N–H and O–H groups in total. The van der Waals surface area contributed by atoms with E-state index < -0.39 is 36.1 Å². The third-order valence-electron chi connectivity index (χ3n) is 2.31. The lowest BCUT2D eigenvalue weighted by atomic mass is 9.87. The van der Waals surface area contributed by atoms with E-state index in [4.69, 9.17) is 0 Å². The molecule has 0 aliphatic heterocycles. The number of hydrogen-bond acceptors (Lipinski definition) is 5. The van der Waals surface area contributed by atoms with E-state index in [-0.39, 0.29) is 0 Å². The van der Waals surface area contributed by atoms with Gasteiger partial charge in [0.1, 0.15) is 0 Å². The van der Waals surface area contributed by atoms with Gasteiger partial charge in [0.2, 0.25) is 10.0 Å². The van der Waals surface area contributed by atoms with Crippen molar-refractivity contribution < 1.29 is 21.9 Å². The molecule has 0 saturated heterocycles. The van der Waals surface area contributed by atoms with Crippen molar-refractivity contribution in [2.24, 2.45) is 0 Å². The summed E-state index contributed by atoms with van der Waals surface area (Å²) >= 11 is 0. The summed E-state index contributed by atoms with van der Waals surface area (Å²) < 4.78 is 47.0. The van der Waals surface area contributed by atoms with Gasteiger partial charge < -0.3 is 5.11 Å². The first-order valence-electron chi connectivity index (χ1n) is 4.58. The number of aliphatic hydroxyl groups is 1. The molecule has 6 nitrogen and oxygen atoms in total. The van der Waals surface area contributed by atoms with Crippen molar-refractivity contribution in [1.82, 2.24) is 4.72 Å². The van der Waals surface area contributed by atoms with Crippen LogP contribution in [0, 0.1) is 0 Å². The molecule has 0 amide bonds. The van der Waals surface area contributed by atoms with Gasteiger partial charge >= 0.3 is 0 Å². The van der Waals surface area contributed by atoms with Gasteiger partial charge in [-0.15, -0.1) is 0 Å². The average molecular weight is 273 g/mol. The second-order valence-electron chi connectivity index (χ2n) is 4.94. The first-order valence-corrected chi connectivity index (χ1v) is 8.29. The van der Waals surface area contributed by atoms with Crippen molar-refractivity contribution in [3.05, 3.63) is 0 Å². The Balaban J connectivity index is 5.02. The maximum Gasteiger partial charge on any atom is 0.226 e. The standard InChI is InChI=1S/C8H19NO5S2/c1-7(2,8(3,4)10)9-16(13,14)6-15(5,11)12/h9-10H,6H2,1-5H3. The van der Waals surface area contributed by atoms with Gasteiger partial charge in [-0.05, 0) is 27.7 Å². The van der Waals surface area contributed by atoms with E-state index >= 15 is 0 Å². The maximum absolute atomic E-state index is 11.5. The van der Waals surface area contributed by atoms with E-state index in [1.807, 2.05) is 0 Å². The lowest BCUT2D eigenvalue weighted by molar-refractivity contribution is 0.00644. The second kappa shape index (κ2) is 4.25. The van der Waals surface area contributed by atoms with Crippen LogP contribution in [0.5, 0.6) is 0 Å². The Kier molecular flexibility index (Phi) is 4.20. The fourth-order valence-corrected chi connectivity index (χ4v) is 4.34. The molecular formula is C8H19NO5S2. The largest absolute Gasteiger partial charge is 0.389 e. The predicted molar refractivity (Wildman–Crippen MR) is 62.1 cm³/mol. The van der Waals surface area contributed by atoms with Gasteiger partial charge in [-0.25, -0.2) is 21.6 Å². The van der Waals surface area contributed by atoms with Crippen LogP contribution in [0.15, 0.2) is 0 Å². The monoisotopic (exact) mass is 273 g/mol. The molecule has 0 aliphatic carbocycles. The summed E-state index contributed by atoms with van der Waals surface area (Å²) in [6.45, 7) is 5.84. The SMILES string of the molecule is CC(C)(O)C(C)(C)NS(=O)(=O)CS(C)(=O)=O. The van der Waals surface area contributed by atoms with Crippen LogP contribution >= 0.6 is 0 Å². The molecule has 0 atom stereocenters. The van der Waals surface area contributed by atoms with Gasteiger partial charge in [-0.1, -0.05) is 0 Å². The molecule has 0 fully saturated rings. The molecule has 0 aromatic heterocycles. The molecule has 0 radical (unpaired) electrons. The van der Waals surface area contributed by atoms with Gasteiger partial charge in [0, 0.05) is 6.26 Å². The van der Waals surface area contributed by atoms with Crippen LogP contribution in [0.1, 0.15) is 27.7 Å². The van der Waals surface area contributed by atoms with Crippen LogP contribution in [0.2, 0.25) is 0 Å². The first kappa shape index (κ1) is 15.8. The van der Waals surface area contributed by atoms with Crippen LogP contribution in [0.25, 0.3) is 0 Å². The van der Waals surface area contributed by atoms with Gasteiger partial charge in [-0.3, -0.25) is 0 Å². The number of sulfone groups is 1. The van der Waals surface area contributed by atoms with Gasteiger partial charge in [0.15, 0.2) is 14.9 Å². The highest BCUT2D eigenvalue weighted by molar-refractivity contribution is 8.06. The zero-order valence-electron chi connectivity index (χ0n) is 10.1. The summed E-state index contributed by atoms with van der Waals surface area (Å²) in [4.78, 5) is 0. The number of sulfonamides is 1. The lowest BCUT2D eigenvalue weighted by Crippen LogP contribution is -2.58. The molecule has 0 unspecified atom stereocenters. The Bertz CT molecular complexity index is 441. The number of rotatable bonds is 5. The van der Waals surface area contributed by atoms with E-state index in [2.05, 4.69) is 4.72 Å². The minimum absolute atomic E-state index is 0.837. The smallest absolute Gasteiger partial charge is 0.226 e. The molecule has 0 saturated carbocycles. The predicted octanol–water partition coefficient (Wildman–Crippen LogP) is -0.543. The van der Waals surface area contributed by atoms with Crippen molar-refractivity contribution >= 4 is 19.9 Å². The van der Waals surface area contributed by atoms with E-state index in [9.17, 15) is 21.9 Å². The van der Waals surface area contributed by atoms with Crippen molar-refractivity contribution in [1.29, 1.82) is 0 Å². The molecule has 0 spiro atoms. The Labute approximate surface area is 97.0 Å². The fraction of sp³-hybridized carbons (Fsp3) is 1.00. The summed E-state index contributed by atoms with van der Waals surface area (Å²) in [6, 6.07) is 0. The topological polar surface area (TPSA) is 101 Å². The summed E-state index contributed by atoms with van der Waals surface area (Å²) in [6.07, 6.45) is 0.837. The molecule has 0 bridgehead atoms. The Morgan fingerprint density at radius 3 is 1.69 bits per heavy atom. The third kappa shape index (κ3) is 5.24. The summed E-state index contributed by atoms with van der Waals surface area (Å²) in [5.41, 5.74) is -2.46. The molecule has 0 rings (SSSR count). The third-order valence-corrected chi connectivity index (χ3v) is 6.08. The maximum atomic E-state index is 11.5. The van der Waals surface area contributed by atoms with Crippen molar-refractivity contribution in [3.8, 4) is 0 Å². The molecule has 98 valence electrons. The highest BCUT2D eigenvalue weighted by Crippen LogP contribution is 2.21. The zero-order valence-corrected chi connectivity index (χ0v) is 11.7. The fourth-order valence-electron chi connectivity index (χ4n) is 0.825. The molecule has 0 aromatic rings. The Morgan fingerprint density at radius 1 is 1.06 bits per heavy atom. The molecule has 8 heteroatoms. The minimum Gasteiger partial charge on any atom is -0.389 e. The van der Waals surface area contributed by atoms with Crippen molar-refractivity contribution in [3.63, 3.8) is 0 Å². The molecule has 0 heterocycles. The van der Waals surface area contributed by atoms with Crippen LogP contribution in [-0.4, -0.2) is 44.4 Å². The van der Waals surface area contributed by atoms with Crippen LogP contribution in [0.3, 0.4) is 0 Å². The molecule has 0 aliphatic rings. The second-order valence-corrected chi connectivity index (χ2v) is 9.17. The number of hydrogen-bond donors (Lipinski definition) is 2. The molecule has 16 heavy (non-hydrogen) atoms. The van der Waals surface area contributed by atoms with Crippen LogP contribution in [0.4, 0.5) is 0 Å². The summed E-state index contributed by atoms with van der Waals surface area (Å²) in [5.74, 6) is 0. The molecular weight excluding hydrogens is 254 g/mol. The molecule has 0 aromatic carbocycles. The van der Waals surface area contributed by atoms with E-state index in [1.54, 1.807) is 0 Å². The lowest BCUT2D eigenvalue weighted by Gasteiger charge is -2.37. The normalized spacial score (nSPS) is 15.1. The quantitative estimate of drug-likeness (QED) is 0.700. The van der Waals surface area contributed by atoms with Crippen LogP contribution in [-0.2, 0) is 19.9 Å². The Hall–Kier alpha value is -0.180. The Morgan fingerprint density at radius 2 is 1.44 bits per heavy atom. The van der Waals surface area contributed by atoms with E-state index in [0.717, 1.165) is 6.26 Å². The minimum atomic E-state index is -3.98. The number of nitrogens with one attached hydrogen (secondary N) is 1. The van der Waals surface area contributed by atoms with Crippen LogP contribution < -0.4 is 4.72 Å². The average Bonchev–Trinajstić information content (AvgIpc) is 1.72.